The number of ether oxygens (including phenoxy) is 1. The molecule has 0 atom stereocenters. The van der Waals surface area contributed by atoms with Crippen LogP contribution in [0.4, 0.5) is 5.69 Å². The highest BCUT2D eigenvalue weighted by molar-refractivity contribution is 7.85. The number of pyridine rings is 1. The van der Waals surface area contributed by atoms with Gasteiger partial charge >= 0.3 is 0 Å². The maximum atomic E-state index is 11.2. The summed E-state index contributed by atoms with van der Waals surface area (Å²) < 4.78 is 16.4. The van der Waals surface area contributed by atoms with Crippen LogP contribution in [0.25, 0.3) is 0 Å². The topological polar surface area (TPSA) is 51.2 Å². The Morgan fingerprint density at radius 1 is 1.50 bits per heavy atom. The van der Waals surface area contributed by atoms with Crippen LogP contribution in [0.1, 0.15) is 12.8 Å². The minimum Gasteiger partial charge on any atom is -0.480 e. The van der Waals surface area contributed by atoms with E-state index >= 15 is 0 Å². The van der Waals surface area contributed by atoms with Gasteiger partial charge in [0.15, 0.2) is 0 Å². The Balaban J connectivity index is 2.00. The maximum Gasteiger partial charge on any atom is 0.237 e. The Bertz CT molecular complexity index is 374. The van der Waals surface area contributed by atoms with Crippen LogP contribution in [0.2, 0.25) is 0 Å². The van der Waals surface area contributed by atoms with Gasteiger partial charge in [0.05, 0.1) is 12.8 Å². The van der Waals surface area contributed by atoms with Crippen molar-refractivity contribution in [2.24, 2.45) is 0 Å². The van der Waals surface area contributed by atoms with Crippen LogP contribution in [0.3, 0.4) is 0 Å². The van der Waals surface area contributed by atoms with Gasteiger partial charge in [0.1, 0.15) is 0 Å². The Kier molecular flexibility index (Phi) is 3.77. The molecule has 16 heavy (non-hydrogen) atoms. The number of nitrogens with one attached hydrogen (secondary N) is 1. The van der Waals surface area contributed by atoms with Gasteiger partial charge in [-0.2, -0.15) is 0 Å². The molecule has 1 aliphatic rings. The van der Waals surface area contributed by atoms with Crippen LogP contribution in [0.15, 0.2) is 18.3 Å². The van der Waals surface area contributed by atoms with E-state index in [-0.39, 0.29) is 0 Å². The number of methoxy groups -OCH3 is 1. The van der Waals surface area contributed by atoms with Crippen LogP contribution in [0, 0.1) is 0 Å². The normalized spacial score (nSPS) is 25.1. The zero-order valence-electron chi connectivity index (χ0n) is 9.31. The molecule has 5 heteroatoms. The number of hydrogen-bond donors (Lipinski definition) is 1. The Morgan fingerprint density at radius 2 is 2.25 bits per heavy atom. The number of hydrogen-bond acceptors (Lipinski definition) is 4. The van der Waals surface area contributed by atoms with E-state index in [1.807, 2.05) is 12.1 Å². The molecular weight excluding hydrogens is 224 g/mol. The molecule has 1 fully saturated rings. The van der Waals surface area contributed by atoms with Crippen molar-refractivity contribution < 1.29 is 8.95 Å². The molecule has 0 saturated carbocycles. The molecular formula is C11H16N2O2S. The Labute approximate surface area is 97.9 Å². The van der Waals surface area contributed by atoms with Gasteiger partial charge in [-0.15, -0.1) is 0 Å². The van der Waals surface area contributed by atoms with Crippen LogP contribution >= 0.6 is 0 Å². The monoisotopic (exact) mass is 240 g/mol. The number of rotatable bonds is 3. The molecule has 1 aliphatic heterocycles. The predicted molar refractivity (Wildman–Crippen MR) is 65.3 cm³/mol. The quantitative estimate of drug-likeness (QED) is 0.868. The van der Waals surface area contributed by atoms with Crippen molar-refractivity contribution in [3.8, 4) is 5.88 Å². The highest BCUT2D eigenvalue weighted by Gasteiger charge is 2.18. The van der Waals surface area contributed by atoms with Gasteiger partial charge in [-0.25, -0.2) is 4.98 Å². The van der Waals surface area contributed by atoms with Crippen molar-refractivity contribution in [2.45, 2.75) is 18.9 Å². The summed E-state index contributed by atoms with van der Waals surface area (Å²) in [6.07, 6.45) is 3.61. The van der Waals surface area contributed by atoms with Gasteiger partial charge in [0, 0.05) is 34.5 Å². The minimum atomic E-state index is -0.613. The lowest BCUT2D eigenvalue weighted by atomic mass is 10.1. The van der Waals surface area contributed by atoms with E-state index in [1.165, 1.54) is 0 Å². The molecule has 0 unspecified atom stereocenters. The zero-order valence-corrected chi connectivity index (χ0v) is 10.1. The first kappa shape index (κ1) is 11.4. The van der Waals surface area contributed by atoms with Crippen molar-refractivity contribution in [1.82, 2.24) is 4.98 Å². The fourth-order valence-corrected chi connectivity index (χ4v) is 3.12. The maximum absolute atomic E-state index is 11.2. The molecule has 1 N–H and O–H groups in total. The van der Waals surface area contributed by atoms with E-state index < -0.39 is 10.8 Å². The standard InChI is InChI=1S/C11H16N2O2S/c1-15-11-10(3-2-6-12-11)13-9-4-7-16(14)8-5-9/h2-3,6,9,13H,4-5,7-8H2,1H3. The molecule has 0 amide bonds. The van der Waals surface area contributed by atoms with Crippen molar-refractivity contribution in [2.75, 3.05) is 23.9 Å². The fraction of sp³-hybridized carbons (Fsp3) is 0.545. The molecule has 0 aliphatic carbocycles. The van der Waals surface area contributed by atoms with Crippen LogP contribution < -0.4 is 10.1 Å². The van der Waals surface area contributed by atoms with Crippen molar-refractivity contribution in [1.29, 1.82) is 0 Å². The molecule has 0 radical (unpaired) electrons. The van der Waals surface area contributed by atoms with Gasteiger partial charge in [-0.05, 0) is 25.0 Å². The SMILES string of the molecule is COc1ncccc1NC1CCS(=O)CC1. The van der Waals surface area contributed by atoms with Crippen LogP contribution in [0.5, 0.6) is 5.88 Å². The van der Waals surface area contributed by atoms with E-state index in [2.05, 4.69) is 10.3 Å². The van der Waals surface area contributed by atoms with E-state index in [0.717, 1.165) is 30.0 Å². The van der Waals surface area contributed by atoms with Gasteiger partial charge in [0.25, 0.3) is 0 Å². The summed E-state index contributed by atoms with van der Waals surface area (Å²) in [5, 5.41) is 3.40. The summed E-state index contributed by atoms with van der Waals surface area (Å²) in [6, 6.07) is 4.22. The van der Waals surface area contributed by atoms with E-state index in [0.29, 0.717) is 11.9 Å². The predicted octanol–water partition coefficient (Wildman–Crippen LogP) is 1.41. The van der Waals surface area contributed by atoms with Crippen molar-refractivity contribution in [3.05, 3.63) is 18.3 Å². The first-order valence-electron chi connectivity index (χ1n) is 5.40. The fourth-order valence-electron chi connectivity index (χ4n) is 1.82. The summed E-state index contributed by atoms with van der Waals surface area (Å²) in [5.74, 6) is 2.20. The molecule has 0 spiro atoms. The lowest BCUT2D eigenvalue weighted by Gasteiger charge is -2.24. The molecule has 2 heterocycles. The summed E-state index contributed by atoms with van der Waals surface area (Å²) in [5.41, 5.74) is 0.919. The summed E-state index contributed by atoms with van der Waals surface area (Å²) in [6.45, 7) is 0. The van der Waals surface area contributed by atoms with E-state index in [9.17, 15) is 4.21 Å². The Hall–Kier alpha value is -1.10. The molecule has 4 nitrogen and oxygen atoms in total. The van der Waals surface area contributed by atoms with Gasteiger partial charge in [-0.3, -0.25) is 4.21 Å². The van der Waals surface area contributed by atoms with Crippen molar-refractivity contribution in [3.63, 3.8) is 0 Å². The molecule has 1 saturated heterocycles. The van der Waals surface area contributed by atoms with Gasteiger partial charge in [0.2, 0.25) is 5.88 Å². The third-order valence-electron chi connectivity index (χ3n) is 2.71. The smallest absolute Gasteiger partial charge is 0.237 e. The molecule has 2 rings (SSSR count). The third-order valence-corrected chi connectivity index (χ3v) is 4.09. The molecule has 0 aromatic carbocycles. The summed E-state index contributed by atoms with van der Waals surface area (Å²) >= 11 is 0. The second-order valence-electron chi connectivity index (χ2n) is 3.83. The largest absolute Gasteiger partial charge is 0.480 e. The highest BCUT2D eigenvalue weighted by atomic mass is 32.2. The van der Waals surface area contributed by atoms with Gasteiger partial charge in [-0.1, -0.05) is 0 Å². The molecule has 0 bridgehead atoms. The highest BCUT2D eigenvalue weighted by Crippen LogP contribution is 2.23. The lowest BCUT2D eigenvalue weighted by Crippen LogP contribution is -2.29. The molecule has 88 valence electrons. The van der Waals surface area contributed by atoms with E-state index in [1.54, 1.807) is 13.3 Å². The average Bonchev–Trinajstić information content (AvgIpc) is 2.33. The minimum absolute atomic E-state index is 0.385. The summed E-state index contributed by atoms with van der Waals surface area (Å²) in [4.78, 5) is 4.13. The summed E-state index contributed by atoms with van der Waals surface area (Å²) in [7, 11) is 1.00. The number of anilines is 1. The lowest BCUT2D eigenvalue weighted by molar-refractivity contribution is 0.399. The average molecular weight is 240 g/mol. The second-order valence-corrected chi connectivity index (χ2v) is 5.52. The number of aromatic nitrogens is 1. The third kappa shape index (κ3) is 2.72. The van der Waals surface area contributed by atoms with E-state index in [4.69, 9.17) is 4.74 Å². The molecule has 1 aromatic heterocycles. The molecule has 1 aromatic rings. The Morgan fingerprint density at radius 3 is 2.94 bits per heavy atom. The van der Waals surface area contributed by atoms with Crippen molar-refractivity contribution >= 4 is 16.5 Å². The van der Waals surface area contributed by atoms with Crippen LogP contribution in [-0.2, 0) is 10.8 Å². The van der Waals surface area contributed by atoms with Gasteiger partial charge < -0.3 is 10.1 Å². The second kappa shape index (κ2) is 5.30. The first-order valence-corrected chi connectivity index (χ1v) is 6.89. The number of nitrogens with zero attached hydrogens (tertiary/aromatic N) is 1. The first-order chi connectivity index (χ1) is 7.79. The van der Waals surface area contributed by atoms with Crippen LogP contribution in [-0.4, -0.2) is 33.9 Å². The zero-order chi connectivity index (χ0) is 11.4.